The molecule has 1 aromatic rings. The average Bonchev–Trinajstić information content (AvgIpc) is 2.39. The Bertz CT molecular complexity index is 403. The smallest absolute Gasteiger partial charge is 0.220 e. The van der Waals surface area contributed by atoms with Crippen LogP contribution in [0.4, 0.5) is 0 Å². The molecule has 0 spiro atoms. The summed E-state index contributed by atoms with van der Waals surface area (Å²) in [6, 6.07) is 9.19. The monoisotopic (exact) mass is 263 g/mol. The molecule has 0 N–H and O–H groups in total. The van der Waals surface area contributed by atoms with E-state index in [4.69, 9.17) is 0 Å². The normalized spacial score (nSPS) is 12.1. The van der Waals surface area contributed by atoms with Crippen LogP contribution in [0.2, 0.25) is 0 Å². The van der Waals surface area contributed by atoms with Crippen molar-refractivity contribution in [1.29, 1.82) is 0 Å². The molecule has 1 rings (SSSR count). The molecule has 4 nitrogen and oxygen atoms in total. The molecule has 4 heteroatoms. The second kappa shape index (κ2) is 8.40. The first kappa shape index (κ1) is 15.3. The minimum absolute atomic E-state index is 0.00362. The fourth-order valence-corrected chi connectivity index (χ4v) is 2.11. The number of nitrogens with zero attached hydrogens (tertiary/aromatic N) is 1. The van der Waals surface area contributed by atoms with Gasteiger partial charge in [-0.3, -0.25) is 14.9 Å². The van der Waals surface area contributed by atoms with E-state index in [1.165, 1.54) is 5.56 Å². The number of carbonyl (C=O) groups excluding carboxylic acids is 1. The van der Waals surface area contributed by atoms with Gasteiger partial charge in [0.1, 0.15) is 5.78 Å². The Morgan fingerprint density at radius 2 is 2.00 bits per heavy atom. The number of hydrogen-bond acceptors (Lipinski definition) is 3. The van der Waals surface area contributed by atoms with Crippen molar-refractivity contribution in [3.8, 4) is 0 Å². The summed E-state index contributed by atoms with van der Waals surface area (Å²) in [5, 5.41) is 10.9. The van der Waals surface area contributed by atoms with Crippen molar-refractivity contribution in [2.75, 3.05) is 0 Å². The lowest BCUT2D eigenvalue weighted by atomic mass is 10.0. The molecule has 0 fully saturated rings. The molecule has 19 heavy (non-hydrogen) atoms. The molecule has 0 saturated heterocycles. The van der Waals surface area contributed by atoms with E-state index < -0.39 is 6.04 Å². The molecular formula is C15H21NO3. The van der Waals surface area contributed by atoms with Gasteiger partial charge in [-0.1, -0.05) is 37.3 Å². The Morgan fingerprint density at radius 3 is 2.58 bits per heavy atom. The fraction of sp³-hybridized carbons (Fsp3) is 0.533. The maximum absolute atomic E-state index is 11.5. The predicted octanol–water partition coefficient (Wildman–Crippen LogP) is 3.41. The molecule has 0 bridgehead atoms. The second-order valence-corrected chi connectivity index (χ2v) is 4.81. The quantitative estimate of drug-likeness (QED) is 0.506. The first-order chi connectivity index (χ1) is 9.13. The van der Waals surface area contributed by atoms with Crippen LogP contribution in [0.15, 0.2) is 30.3 Å². The van der Waals surface area contributed by atoms with Crippen molar-refractivity contribution in [2.45, 2.75) is 51.5 Å². The number of Topliss-reactive ketones (excluding diaryl/α,β-unsaturated/α-hetero) is 1. The molecule has 0 saturated carbocycles. The van der Waals surface area contributed by atoms with Crippen LogP contribution in [-0.4, -0.2) is 16.7 Å². The molecule has 0 amide bonds. The summed E-state index contributed by atoms with van der Waals surface area (Å²) >= 11 is 0. The van der Waals surface area contributed by atoms with E-state index in [1.54, 1.807) is 0 Å². The van der Waals surface area contributed by atoms with Gasteiger partial charge in [-0.2, -0.15) is 0 Å². The number of carbonyl (C=O) groups is 1. The highest BCUT2D eigenvalue weighted by Gasteiger charge is 2.22. The van der Waals surface area contributed by atoms with E-state index in [2.05, 4.69) is 0 Å². The minimum atomic E-state index is -0.720. The number of hydrogen-bond donors (Lipinski definition) is 0. The van der Waals surface area contributed by atoms with Crippen molar-refractivity contribution >= 4 is 5.78 Å². The van der Waals surface area contributed by atoms with Gasteiger partial charge >= 0.3 is 0 Å². The lowest BCUT2D eigenvalue weighted by Crippen LogP contribution is -2.23. The highest BCUT2D eigenvalue weighted by molar-refractivity contribution is 5.78. The lowest BCUT2D eigenvalue weighted by Gasteiger charge is -2.08. The van der Waals surface area contributed by atoms with Crippen LogP contribution in [0.3, 0.4) is 0 Å². The van der Waals surface area contributed by atoms with Crippen molar-refractivity contribution in [3.63, 3.8) is 0 Å². The first-order valence-electron chi connectivity index (χ1n) is 6.82. The Kier molecular flexibility index (Phi) is 6.79. The summed E-state index contributed by atoms with van der Waals surface area (Å²) in [7, 11) is 0. The van der Waals surface area contributed by atoms with Crippen LogP contribution in [0.25, 0.3) is 0 Å². The molecule has 0 aliphatic rings. The van der Waals surface area contributed by atoms with E-state index in [0.29, 0.717) is 12.8 Å². The highest BCUT2D eigenvalue weighted by Crippen LogP contribution is 2.12. The maximum Gasteiger partial charge on any atom is 0.220 e. The molecule has 0 heterocycles. The number of ketones is 1. The molecule has 1 atom stereocenters. The zero-order valence-electron chi connectivity index (χ0n) is 11.4. The summed E-state index contributed by atoms with van der Waals surface area (Å²) in [4.78, 5) is 22.1. The van der Waals surface area contributed by atoms with E-state index in [9.17, 15) is 14.9 Å². The minimum Gasteiger partial charge on any atom is -0.299 e. The third-order valence-electron chi connectivity index (χ3n) is 3.14. The van der Waals surface area contributed by atoms with E-state index in [-0.39, 0.29) is 17.1 Å². The summed E-state index contributed by atoms with van der Waals surface area (Å²) in [5.74, 6) is 0.00362. The molecule has 104 valence electrons. The Balaban J connectivity index is 2.38. The van der Waals surface area contributed by atoms with E-state index in [1.807, 2.05) is 37.3 Å². The first-order valence-corrected chi connectivity index (χ1v) is 6.82. The largest absolute Gasteiger partial charge is 0.299 e. The van der Waals surface area contributed by atoms with Crippen molar-refractivity contribution < 1.29 is 9.72 Å². The second-order valence-electron chi connectivity index (χ2n) is 4.81. The van der Waals surface area contributed by atoms with Crippen molar-refractivity contribution in [3.05, 3.63) is 46.0 Å². The topological polar surface area (TPSA) is 60.2 Å². The Morgan fingerprint density at radius 1 is 1.32 bits per heavy atom. The van der Waals surface area contributed by atoms with Crippen LogP contribution in [-0.2, 0) is 11.2 Å². The zero-order chi connectivity index (χ0) is 14.1. The Hall–Kier alpha value is -1.71. The Labute approximate surface area is 114 Å². The van der Waals surface area contributed by atoms with Crippen LogP contribution in [0.1, 0.15) is 44.6 Å². The van der Waals surface area contributed by atoms with Gasteiger partial charge < -0.3 is 0 Å². The third kappa shape index (κ3) is 6.13. The highest BCUT2D eigenvalue weighted by atomic mass is 16.6. The van der Waals surface area contributed by atoms with E-state index in [0.717, 1.165) is 19.3 Å². The van der Waals surface area contributed by atoms with Gasteiger partial charge in [-0.05, 0) is 24.8 Å². The standard InChI is InChI=1S/C15H21NO3/c1-2-7-15(17)12-14(16(18)19)11-6-10-13-8-4-3-5-9-13/h3-5,8-9,14H,2,6-7,10-12H2,1H3. The van der Waals surface area contributed by atoms with Crippen LogP contribution in [0, 0.1) is 10.1 Å². The summed E-state index contributed by atoms with van der Waals surface area (Å²) in [6.45, 7) is 1.91. The summed E-state index contributed by atoms with van der Waals surface area (Å²) < 4.78 is 0. The molecule has 0 aliphatic heterocycles. The van der Waals surface area contributed by atoms with Gasteiger partial charge in [0, 0.05) is 17.8 Å². The third-order valence-corrected chi connectivity index (χ3v) is 3.14. The van der Waals surface area contributed by atoms with Gasteiger partial charge in [-0.15, -0.1) is 0 Å². The predicted molar refractivity (Wildman–Crippen MR) is 74.7 cm³/mol. The number of rotatable bonds is 9. The zero-order valence-corrected chi connectivity index (χ0v) is 11.4. The number of aryl methyl sites for hydroxylation is 1. The van der Waals surface area contributed by atoms with Crippen molar-refractivity contribution in [1.82, 2.24) is 0 Å². The summed E-state index contributed by atoms with van der Waals surface area (Å²) in [6.07, 6.45) is 3.32. The fourth-order valence-electron chi connectivity index (χ4n) is 2.11. The molecular weight excluding hydrogens is 242 g/mol. The maximum atomic E-state index is 11.5. The SMILES string of the molecule is CCCC(=O)CC(CCCc1ccccc1)[N+](=O)[O-]. The molecule has 1 aromatic carbocycles. The molecule has 1 unspecified atom stereocenters. The van der Waals surface area contributed by atoms with Gasteiger partial charge in [0.15, 0.2) is 0 Å². The molecule has 0 radical (unpaired) electrons. The van der Waals surface area contributed by atoms with Gasteiger partial charge in [0.2, 0.25) is 6.04 Å². The van der Waals surface area contributed by atoms with Gasteiger partial charge in [0.25, 0.3) is 0 Å². The lowest BCUT2D eigenvalue weighted by molar-refractivity contribution is -0.522. The van der Waals surface area contributed by atoms with Crippen LogP contribution >= 0.6 is 0 Å². The number of nitro groups is 1. The van der Waals surface area contributed by atoms with E-state index >= 15 is 0 Å². The average molecular weight is 263 g/mol. The molecule has 0 aromatic heterocycles. The summed E-state index contributed by atoms with van der Waals surface area (Å²) in [5.41, 5.74) is 1.18. The van der Waals surface area contributed by atoms with Gasteiger partial charge in [-0.25, -0.2) is 0 Å². The number of benzene rings is 1. The molecule has 0 aliphatic carbocycles. The van der Waals surface area contributed by atoms with Gasteiger partial charge in [0.05, 0.1) is 6.42 Å². The van der Waals surface area contributed by atoms with Crippen LogP contribution < -0.4 is 0 Å². The van der Waals surface area contributed by atoms with Crippen LogP contribution in [0.5, 0.6) is 0 Å². The van der Waals surface area contributed by atoms with Crippen molar-refractivity contribution in [2.24, 2.45) is 0 Å².